The molecule has 2 N–H and O–H groups in total. The molecule has 17 heavy (non-hydrogen) atoms. The van der Waals surface area contributed by atoms with Crippen molar-refractivity contribution in [1.82, 2.24) is 9.97 Å². The Morgan fingerprint density at radius 2 is 2.06 bits per heavy atom. The van der Waals surface area contributed by atoms with Crippen LogP contribution >= 0.6 is 0 Å². The largest absolute Gasteiger partial charge is 0.416 e. The third-order valence-electron chi connectivity index (χ3n) is 2.73. The minimum absolute atomic E-state index is 0.406. The van der Waals surface area contributed by atoms with Crippen LogP contribution < -0.4 is 5.32 Å². The second-order valence-corrected chi connectivity index (χ2v) is 4.23. The Balaban J connectivity index is 1.97. The Hall–Kier alpha value is -1.72. The van der Waals surface area contributed by atoms with Crippen LogP contribution in [-0.2, 0) is 6.18 Å². The molecule has 0 amide bonds. The molecular weight excluding hydrogens is 231 g/mol. The first-order valence-electron chi connectivity index (χ1n) is 5.36. The van der Waals surface area contributed by atoms with Crippen molar-refractivity contribution in [2.24, 2.45) is 0 Å². The summed E-state index contributed by atoms with van der Waals surface area (Å²) in [5.41, 5.74) is 0.288. The summed E-state index contributed by atoms with van der Waals surface area (Å²) in [7, 11) is 0. The van der Waals surface area contributed by atoms with Crippen LogP contribution in [0.1, 0.15) is 18.4 Å². The molecule has 0 bridgehead atoms. The fourth-order valence-electron chi connectivity index (χ4n) is 1.68. The number of aromatic nitrogens is 2. The molecule has 3 rings (SSSR count). The predicted octanol–water partition coefficient (Wildman–Crippen LogP) is 3.16. The molecule has 2 aromatic rings. The highest BCUT2D eigenvalue weighted by Gasteiger charge is 2.30. The van der Waals surface area contributed by atoms with Crippen molar-refractivity contribution < 1.29 is 13.2 Å². The average molecular weight is 241 g/mol. The first-order valence-corrected chi connectivity index (χ1v) is 5.36. The highest BCUT2D eigenvalue weighted by atomic mass is 19.4. The number of rotatable bonds is 2. The van der Waals surface area contributed by atoms with Gasteiger partial charge in [-0.05, 0) is 31.0 Å². The molecule has 0 unspecified atom stereocenters. The van der Waals surface area contributed by atoms with Gasteiger partial charge in [-0.2, -0.15) is 13.2 Å². The van der Waals surface area contributed by atoms with Crippen molar-refractivity contribution in [3.8, 4) is 0 Å². The van der Waals surface area contributed by atoms with E-state index in [2.05, 4.69) is 15.3 Å². The van der Waals surface area contributed by atoms with Gasteiger partial charge in [0.05, 0.1) is 16.6 Å². The van der Waals surface area contributed by atoms with E-state index in [-0.39, 0.29) is 0 Å². The van der Waals surface area contributed by atoms with Gasteiger partial charge >= 0.3 is 6.18 Å². The second kappa shape index (κ2) is 3.38. The summed E-state index contributed by atoms with van der Waals surface area (Å²) in [5.74, 6) is 0.543. The molecule has 1 heterocycles. The number of fused-ring (bicyclic) bond motifs is 1. The lowest BCUT2D eigenvalue weighted by Crippen LogP contribution is -2.04. The summed E-state index contributed by atoms with van der Waals surface area (Å²) in [5, 5.41) is 3.12. The Morgan fingerprint density at radius 1 is 1.29 bits per heavy atom. The monoisotopic (exact) mass is 241 g/mol. The molecule has 0 aliphatic heterocycles. The SMILES string of the molecule is FC(F)(F)c1ccc2nc(NC3CC3)[nH]c2c1. The van der Waals surface area contributed by atoms with E-state index in [9.17, 15) is 13.2 Å². The first-order chi connectivity index (χ1) is 8.02. The normalized spacial score (nSPS) is 16.4. The highest BCUT2D eigenvalue weighted by Crippen LogP contribution is 2.31. The Labute approximate surface area is 95.0 Å². The van der Waals surface area contributed by atoms with Crippen LogP contribution in [0.25, 0.3) is 11.0 Å². The fourth-order valence-corrected chi connectivity index (χ4v) is 1.68. The third kappa shape index (κ3) is 2.07. The fraction of sp³-hybridized carbons (Fsp3) is 0.364. The zero-order chi connectivity index (χ0) is 12.0. The van der Waals surface area contributed by atoms with Gasteiger partial charge in [0, 0.05) is 6.04 Å². The molecule has 1 fully saturated rings. The van der Waals surface area contributed by atoms with Gasteiger partial charge in [0.25, 0.3) is 0 Å². The van der Waals surface area contributed by atoms with Crippen molar-refractivity contribution in [2.45, 2.75) is 25.1 Å². The van der Waals surface area contributed by atoms with E-state index >= 15 is 0 Å². The van der Waals surface area contributed by atoms with Gasteiger partial charge in [-0.3, -0.25) is 0 Å². The van der Waals surface area contributed by atoms with Crippen molar-refractivity contribution >= 4 is 17.0 Å². The molecule has 0 spiro atoms. The molecule has 1 aliphatic rings. The van der Waals surface area contributed by atoms with Gasteiger partial charge in [0.1, 0.15) is 0 Å². The van der Waals surface area contributed by atoms with Crippen molar-refractivity contribution in [2.75, 3.05) is 5.32 Å². The molecule has 90 valence electrons. The molecule has 1 saturated carbocycles. The summed E-state index contributed by atoms with van der Waals surface area (Å²) < 4.78 is 37.5. The molecule has 1 aliphatic carbocycles. The molecule has 0 radical (unpaired) electrons. The molecule has 6 heteroatoms. The van der Waals surface area contributed by atoms with Crippen LogP contribution in [0.2, 0.25) is 0 Å². The molecule has 0 atom stereocenters. The molecular formula is C11H10F3N3. The predicted molar refractivity (Wildman–Crippen MR) is 57.7 cm³/mol. The summed E-state index contributed by atoms with van der Waals surface area (Å²) in [4.78, 5) is 7.04. The van der Waals surface area contributed by atoms with E-state index < -0.39 is 11.7 Å². The van der Waals surface area contributed by atoms with Gasteiger partial charge in [0.2, 0.25) is 5.95 Å². The number of halogens is 3. The first kappa shape index (κ1) is 10.4. The number of nitrogens with one attached hydrogen (secondary N) is 2. The number of hydrogen-bond donors (Lipinski definition) is 2. The zero-order valence-corrected chi connectivity index (χ0v) is 8.80. The number of aromatic amines is 1. The smallest absolute Gasteiger partial charge is 0.353 e. The third-order valence-corrected chi connectivity index (χ3v) is 2.73. The summed E-state index contributed by atoms with van der Waals surface area (Å²) >= 11 is 0. The van der Waals surface area contributed by atoms with Crippen molar-refractivity contribution in [3.05, 3.63) is 23.8 Å². The topological polar surface area (TPSA) is 40.7 Å². The minimum Gasteiger partial charge on any atom is -0.353 e. The summed E-state index contributed by atoms with van der Waals surface area (Å²) in [6.07, 6.45) is -2.14. The highest BCUT2D eigenvalue weighted by molar-refractivity contribution is 5.78. The average Bonchev–Trinajstić information content (AvgIpc) is 2.95. The zero-order valence-electron chi connectivity index (χ0n) is 8.80. The maximum absolute atomic E-state index is 12.5. The van der Waals surface area contributed by atoms with Crippen LogP contribution in [0.5, 0.6) is 0 Å². The maximum atomic E-state index is 12.5. The van der Waals surface area contributed by atoms with E-state index in [4.69, 9.17) is 0 Å². The van der Waals surface area contributed by atoms with E-state index in [1.54, 1.807) is 0 Å². The molecule has 1 aromatic carbocycles. The lowest BCUT2D eigenvalue weighted by atomic mass is 10.2. The number of H-pyrrole nitrogens is 1. The van der Waals surface area contributed by atoms with Gasteiger partial charge in [-0.25, -0.2) is 4.98 Å². The van der Waals surface area contributed by atoms with E-state index in [1.807, 2.05) is 0 Å². The standard InChI is InChI=1S/C11H10F3N3/c12-11(13,14)6-1-4-8-9(5-6)17-10(16-8)15-7-2-3-7/h1,4-5,7H,2-3H2,(H2,15,16,17). The number of nitrogens with zero attached hydrogens (tertiary/aromatic N) is 1. The van der Waals surface area contributed by atoms with E-state index in [1.165, 1.54) is 6.07 Å². The van der Waals surface area contributed by atoms with Crippen LogP contribution in [0.15, 0.2) is 18.2 Å². The van der Waals surface area contributed by atoms with Crippen molar-refractivity contribution in [3.63, 3.8) is 0 Å². The second-order valence-electron chi connectivity index (χ2n) is 4.23. The Bertz CT molecular complexity index is 555. The number of alkyl halides is 3. The van der Waals surface area contributed by atoms with E-state index in [0.29, 0.717) is 23.0 Å². The van der Waals surface area contributed by atoms with Crippen LogP contribution in [0, 0.1) is 0 Å². The molecule has 3 nitrogen and oxygen atoms in total. The quantitative estimate of drug-likeness (QED) is 0.847. The van der Waals surface area contributed by atoms with Crippen molar-refractivity contribution in [1.29, 1.82) is 0 Å². The minimum atomic E-state index is -4.32. The summed E-state index contributed by atoms with van der Waals surface area (Å²) in [6, 6.07) is 3.93. The van der Waals surface area contributed by atoms with E-state index in [0.717, 1.165) is 25.0 Å². The lowest BCUT2D eigenvalue weighted by molar-refractivity contribution is -0.137. The van der Waals surface area contributed by atoms with Crippen LogP contribution in [0.4, 0.5) is 19.1 Å². The van der Waals surface area contributed by atoms with Gasteiger partial charge in [-0.1, -0.05) is 0 Å². The van der Waals surface area contributed by atoms with Crippen LogP contribution in [-0.4, -0.2) is 16.0 Å². The maximum Gasteiger partial charge on any atom is 0.416 e. The molecule has 1 aromatic heterocycles. The number of benzene rings is 1. The van der Waals surface area contributed by atoms with Crippen LogP contribution in [0.3, 0.4) is 0 Å². The number of imidazole rings is 1. The number of anilines is 1. The number of hydrogen-bond acceptors (Lipinski definition) is 2. The lowest BCUT2D eigenvalue weighted by Gasteiger charge is -2.05. The van der Waals surface area contributed by atoms with Gasteiger partial charge < -0.3 is 10.3 Å². The molecule has 0 saturated heterocycles. The summed E-state index contributed by atoms with van der Waals surface area (Å²) in [6.45, 7) is 0. The van der Waals surface area contributed by atoms with Gasteiger partial charge in [0.15, 0.2) is 0 Å². The Morgan fingerprint density at radius 3 is 2.71 bits per heavy atom. The van der Waals surface area contributed by atoms with Gasteiger partial charge in [-0.15, -0.1) is 0 Å². The Kier molecular flexibility index (Phi) is 2.08.